The van der Waals surface area contributed by atoms with Crippen molar-refractivity contribution in [1.29, 1.82) is 0 Å². The molecule has 108 valence electrons. The number of Topliss-reactive ketones (excluding diaryl/α,β-unsaturated/α-hetero) is 1. The molecule has 20 heavy (non-hydrogen) atoms. The quantitative estimate of drug-likeness (QED) is 0.789. The summed E-state index contributed by atoms with van der Waals surface area (Å²) in [5.41, 5.74) is 0.759. The minimum absolute atomic E-state index is 0.00473. The third-order valence-electron chi connectivity index (χ3n) is 4.51. The molecule has 2 aliphatic rings. The maximum absolute atomic E-state index is 12.6. The Morgan fingerprint density at radius 3 is 2.25 bits per heavy atom. The minimum atomic E-state index is -0.0415. The van der Waals surface area contributed by atoms with E-state index in [-0.39, 0.29) is 29.8 Å². The van der Waals surface area contributed by atoms with Crippen LogP contribution in [0.5, 0.6) is 5.75 Å². The molecule has 1 aliphatic heterocycles. The van der Waals surface area contributed by atoms with Crippen molar-refractivity contribution in [1.82, 2.24) is 0 Å². The molecule has 4 unspecified atom stereocenters. The Morgan fingerprint density at radius 1 is 1.10 bits per heavy atom. The zero-order chi connectivity index (χ0) is 14.3. The fourth-order valence-corrected chi connectivity index (χ4v) is 2.99. The van der Waals surface area contributed by atoms with Crippen LogP contribution in [-0.2, 0) is 4.74 Å². The fraction of sp³-hybridized carbons (Fsp3) is 0.588. The van der Waals surface area contributed by atoms with Gasteiger partial charge in [-0.15, -0.1) is 0 Å². The number of ether oxygens (including phenoxy) is 2. The van der Waals surface area contributed by atoms with Gasteiger partial charge in [0, 0.05) is 5.56 Å². The molecule has 0 N–H and O–H groups in total. The minimum Gasteiger partial charge on any atom is -0.490 e. The lowest BCUT2D eigenvalue weighted by Gasteiger charge is -2.17. The van der Waals surface area contributed by atoms with Crippen molar-refractivity contribution in [3.63, 3.8) is 0 Å². The standard InChI is InChI=1S/C17H22O3/c1-10-11(2)19-12(3)16(10)17(18)13-4-6-14(7-5-13)20-15-8-9-15/h4-7,10-12,15-16H,8-9H2,1-3H3. The predicted molar refractivity (Wildman–Crippen MR) is 77.1 cm³/mol. The first-order chi connectivity index (χ1) is 9.56. The summed E-state index contributed by atoms with van der Waals surface area (Å²) in [4.78, 5) is 12.6. The first kappa shape index (κ1) is 13.6. The Labute approximate surface area is 120 Å². The monoisotopic (exact) mass is 274 g/mol. The van der Waals surface area contributed by atoms with Crippen molar-refractivity contribution in [2.75, 3.05) is 0 Å². The van der Waals surface area contributed by atoms with Crippen LogP contribution in [0.2, 0.25) is 0 Å². The number of rotatable bonds is 4. The number of benzene rings is 1. The van der Waals surface area contributed by atoms with Crippen LogP contribution in [0.1, 0.15) is 44.0 Å². The maximum atomic E-state index is 12.6. The van der Waals surface area contributed by atoms with Gasteiger partial charge in [0.25, 0.3) is 0 Å². The van der Waals surface area contributed by atoms with Crippen molar-refractivity contribution < 1.29 is 14.3 Å². The van der Waals surface area contributed by atoms with Gasteiger partial charge in [0.15, 0.2) is 5.78 Å². The highest BCUT2D eigenvalue weighted by Gasteiger charge is 2.41. The Morgan fingerprint density at radius 2 is 1.75 bits per heavy atom. The molecule has 1 aromatic rings. The molecule has 0 radical (unpaired) electrons. The smallest absolute Gasteiger partial charge is 0.168 e. The lowest BCUT2D eigenvalue weighted by molar-refractivity contribution is 0.0491. The van der Waals surface area contributed by atoms with Gasteiger partial charge < -0.3 is 9.47 Å². The van der Waals surface area contributed by atoms with Crippen LogP contribution in [0.15, 0.2) is 24.3 Å². The molecular formula is C17H22O3. The second kappa shape index (κ2) is 5.21. The molecular weight excluding hydrogens is 252 g/mol. The van der Waals surface area contributed by atoms with Gasteiger partial charge >= 0.3 is 0 Å². The zero-order valence-electron chi connectivity index (χ0n) is 12.3. The Balaban J connectivity index is 1.72. The van der Waals surface area contributed by atoms with Crippen molar-refractivity contribution in [2.24, 2.45) is 11.8 Å². The van der Waals surface area contributed by atoms with Gasteiger partial charge in [0.2, 0.25) is 0 Å². The van der Waals surface area contributed by atoms with Crippen molar-refractivity contribution in [3.8, 4) is 5.75 Å². The number of hydrogen-bond donors (Lipinski definition) is 0. The summed E-state index contributed by atoms with van der Waals surface area (Å²) in [7, 11) is 0. The summed E-state index contributed by atoms with van der Waals surface area (Å²) in [5, 5.41) is 0. The van der Waals surface area contributed by atoms with E-state index in [1.807, 2.05) is 38.1 Å². The highest BCUT2D eigenvalue weighted by Crippen LogP contribution is 2.35. The molecule has 4 atom stereocenters. The number of hydrogen-bond acceptors (Lipinski definition) is 3. The Bertz CT molecular complexity index is 489. The molecule has 1 saturated carbocycles. The van der Waals surface area contributed by atoms with E-state index in [0.717, 1.165) is 24.2 Å². The molecule has 3 nitrogen and oxygen atoms in total. The summed E-state index contributed by atoms with van der Waals surface area (Å²) in [6.45, 7) is 6.13. The van der Waals surface area contributed by atoms with E-state index in [4.69, 9.17) is 9.47 Å². The van der Waals surface area contributed by atoms with E-state index >= 15 is 0 Å². The second-order valence-electron chi connectivity index (χ2n) is 6.14. The van der Waals surface area contributed by atoms with Gasteiger partial charge in [-0.3, -0.25) is 4.79 Å². The van der Waals surface area contributed by atoms with Gasteiger partial charge in [-0.25, -0.2) is 0 Å². The van der Waals surface area contributed by atoms with Crippen LogP contribution in [0.4, 0.5) is 0 Å². The van der Waals surface area contributed by atoms with Crippen molar-refractivity contribution in [3.05, 3.63) is 29.8 Å². The highest BCUT2D eigenvalue weighted by molar-refractivity contribution is 5.98. The zero-order valence-corrected chi connectivity index (χ0v) is 12.3. The summed E-state index contributed by atoms with van der Waals surface area (Å²) in [6.07, 6.45) is 2.83. The molecule has 1 heterocycles. The van der Waals surface area contributed by atoms with E-state index in [1.54, 1.807) is 0 Å². The second-order valence-corrected chi connectivity index (χ2v) is 6.14. The van der Waals surface area contributed by atoms with Gasteiger partial charge in [-0.05, 0) is 56.9 Å². The van der Waals surface area contributed by atoms with Crippen LogP contribution < -0.4 is 4.74 Å². The molecule has 3 rings (SSSR count). The third-order valence-corrected chi connectivity index (χ3v) is 4.51. The molecule has 1 aromatic carbocycles. The lowest BCUT2D eigenvalue weighted by Crippen LogP contribution is -2.26. The Hall–Kier alpha value is -1.35. The topological polar surface area (TPSA) is 35.5 Å². The van der Waals surface area contributed by atoms with E-state index in [0.29, 0.717) is 6.10 Å². The highest BCUT2D eigenvalue weighted by atomic mass is 16.5. The summed E-state index contributed by atoms with van der Waals surface area (Å²) < 4.78 is 11.5. The van der Waals surface area contributed by atoms with E-state index < -0.39 is 0 Å². The molecule has 0 spiro atoms. The molecule has 0 aromatic heterocycles. The van der Waals surface area contributed by atoms with Crippen LogP contribution in [-0.4, -0.2) is 24.1 Å². The number of carbonyl (C=O) groups is 1. The van der Waals surface area contributed by atoms with Gasteiger partial charge in [0.1, 0.15) is 5.75 Å². The lowest BCUT2D eigenvalue weighted by atomic mass is 9.83. The van der Waals surface area contributed by atoms with Crippen LogP contribution in [0.25, 0.3) is 0 Å². The molecule has 2 fully saturated rings. The first-order valence-electron chi connectivity index (χ1n) is 7.52. The predicted octanol–water partition coefficient (Wildman–Crippen LogP) is 3.47. The van der Waals surface area contributed by atoms with Crippen molar-refractivity contribution >= 4 is 5.78 Å². The molecule has 1 aliphatic carbocycles. The van der Waals surface area contributed by atoms with Crippen LogP contribution in [0, 0.1) is 11.8 Å². The summed E-state index contributed by atoms with van der Waals surface area (Å²) >= 11 is 0. The van der Waals surface area contributed by atoms with Crippen molar-refractivity contribution in [2.45, 2.75) is 51.9 Å². The van der Waals surface area contributed by atoms with Gasteiger partial charge in [-0.2, -0.15) is 0 Å². The molecule has 1 saturated heterocycles. The first-order valence-corrected chi connectivity index (χ1v) is 7.52. The largest absolute Gasteiger partial charge is 0.490 e. The SMILES string of the molecule is CC1OC(C)C(C(=O)c2ccc(OC3CC3)cc2)C1C. The number of carbonyl (C=O) groups excluding carboxylic acids is 1. The Kier molecular flexibility index (Phi) is 3.55. The maximum Gasteiger partial charge on any atom is 0.168 e. The molecule has 0 bridgehead atoms. The summed E-state index contributed by atoms with van der Waals surface area (Å²) in [6, 6.07) is 7.56. The van der Waals surface area contributed by atoms with Crippen LogP contribution in [0.3, 0.4) is 0 Å². The normalized spacial score (nSPS) is 33.1. The average Bonchev–Trinajstić information content (AvgIpc) is 3.19. The fourth-order valence-electron chi connectivity index (χ4n) is 2.99. The van der Waals surface area contributed by atoms with Gasteiger partial charge in [0.05, 0.1) is 24.2 Å². The third kappa shape index (κ3) is 2.59. The summed E-state index contributed by atoms with van der Waals surface area (Å²) in [5.74, 6) is 1.27. The van der Waals surface area contributed by atoms with Crippen LogP contribution >= 0.6 is 0 Å². The molecule has 0 amide bonds. The average molecular weight is 274 g/mol. The van der Waals surface area contributed by atoms with E-state index in [2.05, 4.69) is 6.92 Å². The number of ketones is 1. The van der Waals surface area contributed by atoms with E-state index in [1.165, 1.54) is 0 Å². The van der Waals surface area contributed by atoms with E-state index in [9.17, 15) is 4.79 Å². The molecule has 3 heteroatoms. The van der Waals surface area contributed by atoms with Gasteiger partial charge in [-0.1, -0.05) is 6.92 Å².